The van der Waals surface area contributed by atoms with Crippen LogP contribution in [0.15, 0.2) is 6.20 Å². The molecule has 4 nitrogen and oxygen atoms in total. The predicted molar refractivity (Wildman–Crippen MR) is 63.6 cm³/mol. The SMILES string of the molecule is Cc1cnc(C)c(NC2CCOC(C)C2)n1. The summed E-state index contributed by atoms with van der Waals surface area (Å²) in [7, 11) is 0. The van der Waals surface area contributed by atoms with Gasteiger partial charge in [0, 0.05) is 18.8 Å². The lowest BCUT2D eigenvalue weighted by atomic mass is 10.0. The van der Waals surface area contributed by atoms with E-state index in [9.17, 15) is 0 Å². The third kappa shape index (κ3) is 2.70. The molecule has 16 heavy (non-hydrogen) atoms. The minimum atomic E-state index is 0.337. The molecule has 2 unspecified atom stereocenters. The Morgan fingerprint density at radius 1 is 1.44 bits per heavy atom. The molecule has 1 aromatic rings. The maximum atomic E-state index is 5.52. The number of aromatic nitrogens is 2. The Labute approximate surface area is 96.4 Å². The van der Waals surface area contributed by atoms with Gasteiger partial charge < -0.3 is 10.1 Å². The second kappa shape index (κ2) is 4.78. The van der Waals surface area contributed by atoms with Crippen LogP contribution in [0.2, 0.25) is 0 Å². The summed E-state index contributed by atoms with van der Waals surface area (Å²) in [5.74, 6) is 0.916. The molecule has 1 N–H and O–H groups in total. The number of aryl methyl sites for hydroxylation is 2. The lowest BCUT2D eigenvalue weighted by molar-refractivity contribution is 0.0231. The fourth-order valence-electron chi connectivity index (χ4n) is 2.00. The van der Waals surface area contributed by atoms with E-state index in [1.54, 1.807) is 6.20 Å². The molecule has 1 aliphatic heterocycles. The van der Waals surface area contributed by atoms with Crippen LogP contribution in [0, 0.1) is 13.8 Å². The largest absolute Gasteiger partial charge is 0.378 e. The van der Waals surface area contributed by atoms with E-state index >= 15 is 0 Å². The summed E-state index contributed by atoms with van der Waals surface area (Å²) in [5, 5.41) is 3.47. The molecule has 1 aliphatic rings. The van der Waals surface area contributed by atoms with Gasteiger partial charge >= 0.3 is 0 Å². The van der Waals surface area contributed by atoms with Crippen LogP contribution in [0.5, 0.6) is 0 Å². The van der Waals surface area contributed by atoms with Crippen molar-refractivity contribution in [2.75, 3.05) is 11.9 Å². The maximum Gasteiger partial charge on any atom is 0.147 e. The maximum absolute atomic E-state index is 5.52. The van der Waals surface area contributed by atoms with Gasteiger partial charge in [0.1, 0.15) is 5.82 Å². The topological polar surface area (TPSA) is 47.0 Å². The number of hydrogen-bond donors (Lipinski definition) is 1. The van der Waals surface area contributed by atoms with E-state index in [0.717, 1.165) is 36.7 Å². The van der Waals surface area contributed by atoms with Gasteiger partial charge in [0.2, 0.25) is 0 Å². The zero-order valence-corrected chi connectivity index (χ0v) is 10.2. The standard InChI is InChI=1S/C12H19N3O/c1-8-7-13-10(3)12(14-8)15-11-4-5-16-9(2)6-11/h7,9,11H,4-6H2,1-3H3,(H,14,15). The molecule has 2 heterocycles. The van der Waals surface area contributed by atoms with Gasteiger partial charge in [0.05, 0.1) is 17.5 Å². The summed E-state index contributed by atoms with van der Waals surface area (Å²) in [5.41, 5.74) is 1.91. The number of rotatable bonds is 2. The Kier molecular flexibility index (Phi) is 3.39. The van der Waals surface area contributed by atoms with Gasteiger partial charge in [-0.1, -0.05) is 0 Å². The fourth-order valence-corrected chi connectivity index (χ4v) is 2.00. The smallest absolute Gasteiger partial charge is 0.147 e. The Hall–Kier alpha value is -1.16. The number of nitrogens with zero attached hydrogens (tertiary/aromatic N) is 2. The molecular weight excluding hydrogens is 202 g/mol. The first-order valence-corrected chi connectivity index (χ1v) is 5.83. The average Bonchev–Trinajstić information content (AvgIpc) is 2.24. The van der Waals surface area contributed by atoms with Gasteiger partial charge in [-0.25, -0.2) is 4.98 Å². The molecule has 2 atom stereocenters. The second-order valence-electron chi connectivity index (χ2n) is 4.49. The zero-order chi connectivity index (χ0) is 11.5. The van der Waals surface area contributed by atoms with E-state index < -0.39 is 0 Å². The summed E-state index contributed by atoms with van der Waals surface area (Å²) in [6.07, 6.45) is 4.21. The highest BCUT2D eigenvalue weighted by Crippen LogP contribution is 2.18. The van der Waals surface area contributed by atoms with Crippen molar-refractivity contribution in [2.45, 2.75) is 45.8 Å². The number of hydrogen-bond acceptors (Lipinski definition) is 4. The van der Waals surface area contributed by atoms with Crippen LogP contribution in [0.3, 0.4) is 0 Å². The molecule has 0 aromatic carbocycles. The van der Waals surface area contributed by atoms with Crippen LogP contribution in [-0.4, -0.2) is 28.7 Å². The third-order valence-corrected chi connectivity index (χ3v) is 2.90. The molecule has 4 heteroatoms. The molecule has 1 fully saturated rings. The highest BCUT2D eigenvalue weighted by molar-refractivity contribution is 5.40. The van der Waals surface area contributed by atoms with Gasteiger partial charge in [0.25, 0.3) is 0 Å². The van der Waals surface area contributed by atoms with Crippen molar-refractivity contribution < 1.29 is 4.74 Å². The second-order valence-corrected chi connectivity index (χ2v) is 4.49. The van der Waals surface area contributed by atoms with Gasteiger partial charge in [-0.3, -0.25) is 4.98 Å². The monoisotopic (exact) mass is 221 g/mol. The first kappa shape index (κ1) is 11.3. The van der Waals surface area contributed by atoms with Crippen molar-refractivity contribution in [1.29, 1.82) is 0 Å². The molecule has 0 spiro atoms. The van der Waals surface area contributed by atoms with E-state index in [-0.39, 0.29) is 0 Å². The number of ether oxygens (including phenoxy) is 1. The molecule has 0 saturated carbocycles. The van der Waals surface area contributed by atoms with Crippen molar-refractivity contribution in [3.63, 3.8) is 0 Å². The van der Waals surface area contributed by atoms with Crippen LogP contribution in [-0.2, 0) is 4.74 Å². The number of anilines is 1. The highest BCUT2D eigenvalue weighted by atomic mass is 16.5. The summed E-state index contributed by atoms with van der Waals surface area (Å²) in [4.78, 5) is 8.78. The minimum absolute atomic E-state index is 0.337. The normalized spacial score (nSPS) is 25.4. The lowest BCUT2D eigenvalue weighted by Gasteiger charge is -2.28. The molecule has 1 saturated heterocycles. The Morgan fingerprint density at radius 2 is 2.25 bits per heavy atom. The summed E-state index contributed by atoms with van der Waals surface area (Å²) < 4.78 is 5.52. The zero-order valence-electron chi connectivity index (χ0n) is 10.2. The van der Waals surface area contributed by atoms with Gasteiger partial charge in [-0.2, -0.15) is 0 Å². The van der Waals surface area contributed by atoms with Crippen LogP contribution in [0.4, 0.5) is 5.82 Å². The third-order valence-electron chi connectivity index (χ3n) is 2.90. The van der Waals surface area contributed by atoms with Crippen LogP contribution in [0.1, 0.15) is 31.2 Å². The van der Waals surface area contributed by atoms with Crippen molar-refractivity contribution in [3.05, 3.63) is 17.6 Å². The van der Waals surface area contributed by atoms with E-state index in [0.29, 0.717) is 12.1 Å². The van der Waals surface area contributed by atoms with Crippen LogP contribution >= 0.6 is 0 Å². The Morgan fingerprint density at radius 3 is 3.00 bits per heavy atom. The van der Waals surface area contributed by atoms with E-state index in [1.807, 2.05) is 13.8 Å². The summed E-state index contributed by atoms with van der Waals surface area (Å²) in [6.45, 7) is 6.89. The average molecular weight is 221 g/mol. The minimum Gasteiger partial charge on any atom is -0.378 e. The summed E-state index contributed by atoms with van der Waals surface area (Å²) >= 11 is 0. The van der Waals surface area contributed by atoms with Gasteiger partial charge in [0.15, 0.2) is 0 Å². The van der Waals surface area contributed by atoms with Crippen molar-refractivity contribution in [3.8, 4) is 0 Å². The first-order chi connectivity index (χ1) is 7.65. The van der Waals surface area contributed by atoms with Crippen LogP contribution in [0.25, 0.3) is 0 Å². The van der Waals surface area contributed by atoms with Crippen molar-refractivity contribution >= 4 is 5.82 Å². The molecule has 0 amide bonds. The highest BCUT2D eigenvalue weighted by Gasteiger charge is 2.20. The van der Waals surface area contributed by atoms with E-state index in [4.69, 9.17) is 4.74 Å². The van der Waals surface area contributed by atoms with Gasteiger partial charge in [-0.05, 0) is 33.6 Å². The predicted octanol–water partition coefficient (Wildman–Crippen LogP) is 2.07. The van der Waals surface area contributed by atoms with E-state index in [1.165, 1.54) is 0 Å². The van der Waals surface area contributed by atoms with Crippen molar-refractivity contribution in [2.24, 2.45) is 0 Å². The molecular formula is C12H19N3O. The van der Waals surface area contributed by atoms with Gasteiger partial charge in [-0.15, -0.1) is 0 Å². The molecule has 0 aliphatic carbocycles. The summed E-state index contributed by atoms with van der Waals surface area (Å²) in [6, 6.07) is 0.457. The Balaban J connectivity index is 2.05. The molecule has 1 aromatic heterocycles. The quantitative estimate of drug-likeness (QED) is 0.830. The molecule has 0 bridgehead atoms. The number of nitrogens with one attached hydrogen (secondary N) is 1. The van der Waals surface area contributed by atoms with E-state index in [2.05, 4.69) is 22.2 Å². The Bertz CT molecular complexity index is 367. The molecule has 2 rings (SSSR count). The first-order valence-electron chi connectivity index (χ1n) is 5.83. The fraction of sp³-hybridized carbons (Fsp3) is 0.667. The van der Waals surface area contributed by atoms with Crippen LogP contribution < -0.4 is 5.32 Å². The van der Waals surface area contributed by atoms with Crippen molar-refractivity contribution in [1.82, 2.24) is 9.97 Å². The lowest BCUT2D eigenvalue weighted by Crippen LogP contribution is -2.33. The molecule has 0 radical (unpaired) electrons. The molecule has 88 valence electrons.